The minimum atomic E-state index is -4.63. The van der Waals surface area contributed by atoms with Crippen molar-refractivity contribution in [2.45, 2.75) is 19.2 Å². The molecule has 0 heterocycles. The lowest BCUT2D eigenvalue weighted by Crippen LogP contribution is -2.19. The number of hydrogen-bond donors (Lipinski definition) is 1. The summed E-state index contributed by atoms with van der Waals surface area (Å²) in [6, 6.07) is 13.5. The first-order valence-electron chi connectivity index (χ1n) is 5.80. The van der Waals surface area contributed by atoms with Crippen molar-refractivity contribution in [2.75, 3.05) is 0 Å². The molecule has 0 aromatic heterocycles. The van der Waals surface area contributed by atoms with Crippen LogP contribution in [0.3, 0.4) is 0 Å². The molecule has 2 rings (SSSR count). The van der Waals surface area contributed by atoms with Crippen LogP contribution in [0.15, 0.2) is 48.5 Å². The lowest BCUT2D eigenvalue weighted by Gasteiger charge is -2.15. The molecule has 0 spiro atoms. The SMILES string of the molecule is Cc1cccc(-c2ccc(C(O)C(F)(F)F)cc2)c1. The van der Waals surface area contributed by atoms with Crippen molar-refractivity contribution >= 4 is 0 Å². The Morgan fingerprint density at radius 2 is 1.58 bits per heavy atom. The molecular weight excluding hydrogens is 253 g/mol. The third kappa shape index (κ3) is 3.15. The van der Waals surface area contributed by atoms with Gasteiger partial charge >= 0.3 is 6.18 Å². The van der Waals surface area contributed by atoms with E-state index >= 15 is 0 Å². The van der Waals surface area contributed by atoms with Gasteiger partial charge < -0.3 is 5.11 Å². The average Bonchev–Trinajstić information content (AvgIpc) is 2.37. The van der Waals surface area contributed by atoms with Gasteiger partial charge in [0.2, 0.25) is 0 Å². The van der Waals surface area contributed by atoms with E-state index in [1.807, 2.05) is 31.2 Å². The Balaban J connectivity index is 2.29. The van der Waals surface area contributed by atoms with E-state index in [-0.39, 0.29) is 5.56 Å². The van der Waals surface area contributed by atoms with Crippen LogP contribution in [0.4, 0.5) is 13.2 Å². The van der Waals surface area contributed by atoms with Crippen LogP contribution in [-0.2, 0) is 0 Å². The van der Waals surface area contributed by atoms with Gasteiger partial charge in [-0.05, 0) is 23.6 Å². The third-order valence-electron chi connectivity index (χ3n) is 2.89. The smallest absolute Gasteiger partial charge is 0.379 e. The summed E-state index contributed by atoms with van der Waals surface area (Å²) < 4.78 is 37.1. The Kier molecular flexibility index (Phi) is 3.62. The molecule has 0 aliphatic rings. The van der Waals surface area contributed by atoms with Gasteiger partial charge in [0.05, 0.1) is 0 Å². The van der Waals surface area contributed by atoms with E-state index in [9.17, 15) is 13.2 Å². The Morgan fingerprint density at radius 3 is 2.11 bits per heavy atom. The van der Waals surface area contributed by atoms with Crippen molar-refractivity contribution in [3.05, 3.63) is 59.7 Å². The van der Waals surface area contributed by atoms with Gasteiger partial charge in [0.1, 0.15) is 0 Å². The molecule has 0 radical (unpaired) electrons. The van der Waals surface area contributed by atoms with Gasteiger partial charge in [-0.1, -0.05) is 54.1 Å². The minimum absolute atomic E-state index is 0.149. The molecule has 1 atom stereocenters. The van der Waals surface area contributed by atoms with Crippen LogP contribution in [-0.4, -0.2) is 11.3 Å². The summed E-state index contributed by atoms with van der Waals surface area (Å²) in [7, 11) is 0. The zero-order valence-corrected chi connectivity index (χ0v) is 10.3. The number of aliphatic hydroxyl groups is 1. The zero-order valence-electron chi connectivity index (χ0n) is 10.3. The molecule has 1 nitrogen and oxygen atoms in total. The highest BCUT2D eigenvalue weighted by Gasteiger charge is 2.39. The van der Waals surface area contributed by atoms with Crippen molar-refractivity contribution < 1.29 is 18.3 Å². The van der Waals surface area contributed by atoms with Gasteiger partial charge in [-0.3, -0.25) is 0 Å². The fraction of sp³-hybridized carbons (Fsp3) is 0.200. The van der Waals surface area contributed by atoms with Gasteiger partial charge in [-0.15, -0.1) is 0 Å². The summed E-state index contributed by atoms with van der Waals surface area (Å²) >= 11 is 0. The van der Waals surface area contributed by atoms with Gasteiger partial charge in [-0.2, -0.15) is 13.2 Å². The number of benzene rings is 2. The molecule has 2 aromatic rings. The highest BCUT2D eigenvalue weighted by molar-refractivity contribution is 5.64. The largest absolute Gasteiger partial charge is 0.418 e. The summed E-state index contributed by atoms with van der Waals surface area (Å²) in [4.78, 5) is 0. The second-order valence-corrected chi connectivity index (χ2v) is 4.44. The van der Waals surface area contributed by atoms with Crippen molar-refractivity contribution in [2.24, 2.45) is 0 Å². The summed E-state index contributed by atoms with van der Waals surface area (Å²) in [6.07, 6.45) is -7.07. The maximum absolute atomic E-state index is 12.4. The summed E-state index contributed by atoms with van der Waals surface area (Å²) in [6.45, 7) is 1.95. The van der Waals surface area contributed by atoms with E-state index in [0.717, 1.165) is 16.7 Å². The molecule has 2 aromatic carbocycles. The van der Waals surface area contributed by atoms with E-state index in [0.29, 0.717) is 0 Å². The van der Waals surface area contributed by atoms with Crippen LogP contribution in [0.5, 0.6) is 0 Å². The molecule has 0 saturated heterocycles. The molecule has 4 heteroatoms. The maximum atomic E-state index is 12.4. The molecule has 19 heavy (non-hydrogen) atoms. The average molecular weight is 266 g/mol. The minimum Gasteiger partial charge on any atom is -0.379 e. The molecule has 0 saturated carbocycles. The van der Waals surface area contributed by atoms with Crippen LogP contribution >= 0.6 is 0 Å². The van der Waals surface area contributed by atoms with Crippen molar-refractivity contribution in [1.29, 1.82) is 0 Å². The molecular formula is C15H13F3O. The molecule has 0 fully saturated rings. The molecule has 1 unspecified atom stereocenters. The molecule has 0 aliphatic carbocycles. The molecule has 100 valence electrons. The standard InChI is InChI=1S/C15H13F3O/c1-10-3-2-4-13(9-10)11-5-7-12(8-6-11)14(19)15(16,17)18/h2-9,14,19H,1H3. The van der Waals surface area contributed by atoms with Crippen LogP contribution in [0.25, 0.3) is 11.1 Å². The predicted molar refractivity (Wildman–Crippen MR) is 67.6 cm³/mol. The number of aliphatic hydroxyl groups excluding tert-OH is 1. The quantitative estimate of drug-likeness (QED) is 0.861. The van der Waals surface area contributed by atoms with Crippen LogP contribution in [0, 0.1) is 6.92 Å². The van der Waals surface area contributed by atoms with E-state index in [1.165, 1.54) is 12.1 Å². The van der Waals surface area contributed by atoms with Crippen LogP contribution in [0.2, 0.25) is 0 Å². The van der Waals surface area contributed by atoms with Crippen LogP contribution in [0.1, 0.15) is 17.2 Å². The topological polar surface area (TPSA) is 20.2 Å². The highest BCUT2D eigenvalue weighted by atomic mass is 19.4. The molecule has 1 N–H and O–H groups in total. The third-order valence-corrected chi connectivity index (χ3v) is 2.89. The molecule has 0 bridgehead atoms. The lowest BCUT2D eigenvalue weighted by molar-refractivity contribution is -0.206. The number of alkyl halides is 3. The maximum Gasteiger partial charge on any atom is 0.418 e. The fourth-order valence-electron chi connectivity index (χ4n) is 1.87. The second-order valence-electron chi connectivity index (χ2n) is 4.44. The van der Waals surface area contributed by atoms with Crippen molar-refractivity contribution in [3.8, 4) is 11.1 Å². The summed E-state index contributed by atoms with van der Waals surface area (Å²) in [5.74, 6) is 0. The highest BCUT2D eigenvalue weighted by Crippen LogP contribution is 2.33. The monoisotopic (exact) mass is 266 g/mol. The first-order chi connectivity index (χ1) is 8.88. The van der Waals surface area contributed by atoms with E-state index < -0.39 is 12.3 Å². The number of rotatable bonds is 2. The van der Waals surface area contributed by atoms with E-state index in [4.69, 9.17) is 5.11 Å². The Bertz CT molecular complexity index is 558. The number of hydrogen-bond acceptors (Lipinski definition) is 1. The number of aryl methyl sites for hydroxylation is 1. The van der Waals surface area contributed by atoms with Crippen LogP contribution < -0.4 is 0 Å². The van der Waals surface area contributed by atoms with Crippen molar-refractivity contribution in [1.82, 2.24) is 0 Å². The van der Waals surface area contributed by atoms with Gasteiger partial charge in [0, 0.05) is 0 Å². The second kappa shape index (κ2) is 5.05. The molecule has 0 aliphatic heterocycles. The fourth-order valence-corrected chi connectivity index (χ4v) is 1.87. The summed E-state index contributed by atoms with van der Waals surface area (Å²) in [5, 5.41) is 9.14. The Hall–Kier alpha value is -1.81. The number of halogens is 3. The predicted octanol–water partition coefficient (Wildman–Crippen LogP) is 4.26. The van der Waals surface area contributed by atoms with Crippen molar-refractivity contribution in [3.63, 3.8) is 0 Å². The Labute approximate surface area is 109 Å². The first-order valence-corrected chi connectivity index (χ1v) is 5.80. The van der Waals surface area contributed by atoms with Gasteiger partial charge in [-0.25, -0.2) is 0 Å². The van der Waals surface area contributed by atoms with Gasteiger partial charge in [0.25, 0.3) is 0 Å². The lowest BCUT2D eigenvalue weighted by atomic mass is 10.0. The van der Waals surface area contributed by atoms with E-state index in [2.05, 4.69) is 0 Å². The van der Waals surface area contributed by atoms with E-state index in [1.54, 1.807) is 12.1 Å². The normalized spacial score (nSPS) is 13.3. The zero-order chi connectivity index (χ0) is 14.0. The first kappa shape index (κ1) is 13.6. The van der Waals surface area contributed by atoms with Gasteiger partial charge in [0.15, 0.2) is 6.10 Å². The molecule has 0 amide bonds. The summed E-state index contributed by atoms with van der Waals surface area (Å²) in [5.41, 5.74) is 2.69. The Morgan fingerprint density at radius 1 is 0.947 bits per heavy atom.